The molecule has 0 aromatic carbocycles. The second-order valence-corrected chi connectivity index (χ2v) is 5.47. The molecule has 0 N–H and O–H groups in total. The van der Waals surface area contributed by atoms with E-state index in [0.717, 1.165) is 16.8 Å². The molecule has 1 aromatic heterocycles. The molecule has 0 saturated heterocycles. The van der Waals surface area contributed by atoms with Crippen LogP contribution in [0.1, 0.15) is 20.8 Å². The van der Waals surface area contributed by atoms with Gasteiger partial charge in [-0.1, -0.05) is 20.8 Å². The van der Waals surface area contributed by atoms with Crippen LogP contribution < -0.4 is 4.90 Å². The van der Waals surface area contributed by atoms with Gasteiger partial charge in [-0.15, -0.1) is 0 Å². The van der Waals surface area contributed by atoms with Crippen molar-refractivity contribution in [1.82, 2.24) is 9.97 Å². The third kappa shape index (κ3) is 3.25. The van der Waals surface area contributed by atoms with Crippen molar-refractivity contribution in [3.63, 3.8) is 0 Å². The van der Waals surface area contributed by atoms with Crippen molar-refractivity contribution in [2.75, 3.05) is 18.5 Å². The molecule has 1 heterocycles. The molecule has 0 atom stereocenters. The fourth-order valence-corrected chi connectivity index (χ4v) is 1.90. The first kappa shape index (κ1) is 11.4. The van der Waals surface area contributed by atoms with Crippen molar-refractivity contribution in [3.8, 4) is 0 Å². The second kappa shape index (κ2) is 4.26. The SMILES string of the molecule is CN(CC(C)(C)C)c1ncncc1Br. The number of anilines is 1. The molecule has 1 rings (SSSR count). The molecule has 0 aliphatic rings. The molecule has 0 saturated carbocycles. The lowest BCUT2D eigenvalue weighted by molar-refractivity contribution is 0.417. The van der Waals surface area contributed by atoms with Crippen LogP contribution in [0.15, 0.2) is 17.0 Å². The van der Waals surface area contributed by atoms with Gasteiger partial charge in [0.05, 0.1) is 4.47 Å². The van der Waals surface area contributed by atoms with Crippen LogP contribution in [0, 0.1) is 5.41 Å². The molecule has 3 nitrogen and oxygen atoms in total. The molecular formula is C10H16BrN3. The molecule has 4 heteroatoms. The Bertz CT molecular complexity index is 306. The second-order valence-electron chi connectivity index (χ2n) is 4.61. The van der Waals surface area contributed by atoms with Crippen molar-refractivity contribution in [1.29, 1.82) is 0 Å². The maximum Gasteiger partial charge on any atom is 0.146 e. The lowest BCUT2D eigenvalue weighted by Crippen LogP contribution is -2.29. The topological polar surface area (TPSA) is 29.0 Å². The minimum atomic E-state index is 0.263. The Hall–Kier alpha value is -0.640. The van der Waals surface area contributed by atoms with Crippen LogP contribution >= 0.6 is 15.9 Å². The maximum absolute atomic E-state index is 4.23. The number of rotatable bonds is 2. The van der Waals surface area contributed by atoms with E-state index in [-0.39, 0.29) is 5.41 Å². The van der Waals surface area contributed by atoms with Crippen LogP contribution in [0.25, 0.3) is 0 Å². The van der Waals surface area contributed by atoms with E-state index < -0.39 is 0 Å². The van der Waals surface area contributed by atoms with Crippen molar-refractivity contribution in [2.45, 2.75) is 20.8 Å². The molecule has 0 unspecified atom stereocenters. The smallest absolute Gasteiger partial charge is 0.146 e. The molecule has 14 heavy (non-hydrogen) atoms. The first-order chi connectivity index (χ1) is 6.40. The minimum Gasteiger partial charge on any atom is -0.358 e. The average Bonchev–Trinajstić information content (AvgIpc) is 2.01. The Morgan fingerprint density at radius 2 is 2.07 bits per heavy atom. The van der Waals surface area contributed by atoms with E-state index in [1.165, 1.54) is 0 Å². The molecule has 0 amide bonds. The Kier molecular flexibility index (Phi) is 3.48. The maximum atomic E-state index is 4.23. The lowest BCUT2D eigenvalue weighted by atomic mass is 9.96. The molecule has 0 aliphatic heterocycles. The molecule has 0 fully saturated rings. The third-order valence-electron chi connectivity index (χ3n) is 1.72. The summed E-state index contributed by atoms with van der Waals surface area (Å²) in [6.45, 7) is 7.58. The van der Waals surface area contributed by atoms with E-state index in [0.29, 0.717) is 0 Å². The molecule has 0 radical (unpaired) electrons. The molecular weight excluding hydrogens is 242 g/mol. The Labute approximate surface area is 93.7 Å². The number of hydrogen-bond donors (Lipinski definition) is 0. The van der Waals surface area contributed by atoms with Gasteiger partial charge in [0.25, 0.3) is 0 Å². The molecule has 0 spiro atoms. The van der Waals surface area contributed by atoms with Crippen LogP contribution in [0.2, 0.25) is 0 Å². The highest BCUT2D eigenvalue weighted by Crippen LogP contribution is 2.24. The summed E-state index contributed by atoms with van der Waals surface area (Å²) in [6.07, 6.45) is 3.33. The zero-order valence-electron chi connectivity index (χ0n) is 9.08. The third-order valence-corrected chi connectivity index (χ3v) is 2.28. The summed E-state index contributed by atoms with van der Waals surface area (Å²) in [6, 6.07) is 0. The zero-order chi connectivity index (χ0) is 10.8. The minimum absolute atomic E-state index is 0.263. The summed E-state index contributed by atoms with van der Waals surface area (Å²) in [5.41, 5.74) is 0.263. The summed E-state index contributed by atoms with van der Waals surface area (Å²) in [4.78, 5) is 10.3. The summed E-state index contributed by atoms with van der Waals surface area (Å²) >= 11 is 3.44. The molecule has 78 valence electrons. The van der Waals surface area contributed by atoms with E-state index in [1.807, 2.05) is 7.05 Å². The predicted octanol–water partition coefficient (Wildman–Crippen LogP) is 2.72. The Balaban J connectivity index is 2.80. The van der Waals surface area contributed by atoms with Gasteiger partial charge in [0.15, 0.2) is 0 Å². The van der Waals surface area contributed by atoms with E-state index in [1.54, 1.807) is 12.5 Å². The average molecular weight is 258 g/mol. The summed E-state index contributed by atoms with van der Waals surface area (Å²) in [7, 11) is 2.04. The zero-order valence-corrected chi connectivity index (χ0v) is 10.7. The summed E-state index contributed by atoms with van der Waals surface area (Å²) in [5.74, 6) is 0.940. The monoisotopic (exact) mass is 257 g/mol. The van der Waals surface area contributed by atoms with Gasteiger partial charge >= 0.3 is 0 Å². The van der Waals surface area contributed by atoms with E-state index in [9.17, 15) is 0 Å². The largest absolute Gasteiger partial charge is 0.358 e. The van der Waals surface area contributed by atoms with Gasteiger partial charge < -0.3 is 4.90 Å². The van der Waals surface area contributed by atoms with Crippen LogP contribution in [0.4, 0.5) is 5.82 Å². The van der Waals surface area contributed by atoms with Crippen LogP contribution in [-0.4, -0.2) is 23.6 Å². The van der Waals surface area contributed by atoms with Crippen molar-refractivity contribution < 1.29 is 0 Å². The highest BCUT2D eigenvalue weighted by Gasteiger charge is 2.16. The van der Waals surface area contributed by atoms with Crippen molar-refractivity contribution in [2.24, 2.45) is 5.41 Å². The van der Waals surface area contributed by atoms with E-state index in [4.69, 9.17) is 0 Å². The van der Waals surface area contributed by atoms with Gasteiger partial charge in [-0.3, -0.25) is 0 Å². The first-order valence-electron chi connectivity index (χ1n) is 4.57. The van der Waals surface area contributed by atoms with Crippen LogP contribution in [0.3, 0.4) is 0 Å². The fourth-order valence-electron chi connectivity index (χ4n) is 1.37. The lowest BCUT2D eigenvalue weighted by Gasteiger charge is -2.27. The van der Waals surface area contributed by atoms with Gasteiger partial charge in [-0.2, -0.15) is 0 Å². The number of aromatic nitrogens is 2. The highest BCUT2D eigenvalue weighted by molar-refractivity contribution is 9.10. The van der Waals surface area contributed by atoms with Crippen molar-refractivity contribution in [3.05, 3.63) is 17.0 Å². The van der Waals surface area contributed by atoms with Gasteiger partial charge in [0, 0.05) is 19.8 Å². The summed E-state index contributed by atoms with van der Waals surface area (Å²) in [5, 5.41) is 0. The van der Waals surface area contributed by atoms with E-state index in [2.05, 4.69) is 51.6 Å². The number of nitrogens with zero attached hydrogens (tertiary/aromatic N) is 3. The van der Waals surface area contributed by atoms with Crippen LogP contribution in [0.5, 0.6) is 0 Å². The first-order valence-corrected chi connectivity index (χ1v) is 5.36. The fraction of sp³-hybridized carbons (Fsp3) is 0.600. The molecule has 0 bridgehead atoms. The van der Waals surface area contributed by atoms with Crippen molar-refractivity contribution >= 4 is 21.7 Å². The molecule has 1 aromatic rings. The van der Waals surface area contributed by atoms with E-state index >= 15 is 0 Å². The summed E-state index contributed by atoms with van der Waals surface area (Å²) < 4.78 is 0.937. The normalized spacial score (nSPS) is 11.5. The van der Waals surface area contributed by atoms with Gasteiger partial charge in [0.1, 0.15) is 12.1 Å². The van der Waals surface area contributed by atoms with Crippen LogP contribution in [-0.2, 0) is 0 Å². The Morgan fingerprint density at radius 1 is 1.43 bits per heavy atom. The Morgan fingerprint density at radius 3 is 2.57 bits per heavy atom. The standard InChI is InChI=1S/C10H16BrN3/c1-10(2,3)6-14(4)9-8(11)5-12-7-13-9/h5,7H,6H2,1-4H3. The van der Waals surface area contributed by atoms with Gasteiger partial charge in [-0.25, -0.2) is 9.97 Å². The van der Waals surface area contributed by atoms with Gasteiger partial charge in [0.2, 0.25) is 0 Å². The quantitative estimate of drug-likeness (QED) is 0.816. The molecule has 0 aliphatic carbocycles. The van der Waals surface area contributed by atoms with Gasteiger partial charge in [-0.05, 0) is 21.3 Å². The number of hydrogen-bond acceptors (Lipinski definition) is 3. The highest BCUT2D eigenvalue weighted by atomic mass is 79.9. The predicted molar refractivity (Wildman–Crippen MR) is 62.5 cm³/mol. The number of halogens is 1.